The van der Waals surface area contributed by atoms with Crippen LogP contribution in [0.1, 0.15) is 24.2 Å². The van der Waals surface area contributed by atoms with Gasteiger partial charge < -0.3 is 19.1 Å². The molecule has 0 aromatic carbocycles. The Morgan fingerprint density at radius 2 is 1.92 bits per heavy atom. The van der Waals surface area contributed by atoms with E-state index in [0.717, 1.165) is 32.0 Å². The third kappa shape index (κ3) is 3.37. The second-order valence-corrected chi connectivity index (χ2v) is 6.21. The molecule has 0 amide bonds. The number of ether oxygens (including phenoxy) is 1. The van der Waals surface area contributed by atoms with E-state index in [1.54, 1.807) is 19.2 Å². The van der Waals surface area contributed by atoms with Gasteiger partial charge in [-0.05, 0) is 33.0 Å². The number of carbonyl (C=O) groups excluding carboxylic acids is 1. The monoisotopic (exact) mass is 344 g/mol. The van der Waals surface area contributed by atoms with Gasteiger partial charge in [0.1, 0.15) is 17.0 Å². The molecule has 3 heterocycles. The number of hydrogen-bond donors (Lipinski definition) is 0. The molecule has 0 N–H and O–H groups in total. The van der Waals surface area contributed by atoms with Crippen molar-refractivity contribution in [1.82, 2.24) is 14.5 Å². The molecule has 25 heavy (non-hydrogen) atoms. The van der Waals surface area contributed by atoms with Gasteiger partial charge in [-0.15, -0.1) is 0 Å². The predicted molar refractivity (Wildman–Crippen MR) is 97.3 cm³/mol. The van der Waals surface area contributed by atoms with E-state index in [1.807, 2.05) is 17.6 Å². The zero-order chi connectivity index (χ0) is 18.0. The van der Waals surface area contributed by atoms with E-state index in [0.29, 0.717) is 17.6 Å². The highest BCUT2D eigenvalue weighted by Gasteiger charge is 2.19. The third-order valence-corrected chi connectivity index (χ3v) is 4.57. The van der Waals surface area contributed by atoms with Gasteiger partial charge in [-0.3, -0.25) is 4.79 Å². The average Bonchev–Trinajstić information content (AvgIpc) is 2.62. The molecule has 0 atom stereocenters. The predicted octanol–water partition coefficient (Wildman–Crippen LogP) is 1.34. The van der Waals surface area contributed by atoms with Crippen LogP contribution < -0.4 is 10.3 Å². The molecule has 0 bridgehead atoms. The normalized spacial score (nSPS) is 15.6. The SMILES string of the molecule is CCOC(=O)c1cn(CC)c2nc(N3CCN(C)CC3)ccc2c1=O. The average molecular weight is 344 g/mol. The Balaban J connectivity index is 2.06. The minimum Gasteiger partial charge on any atom is -0.462 e. The quantitative estimate of drug-likeness (QED) is 0.780. The van der Waals surface area contributed by atoms with E-state index in [1.165, 1.54) is 0 Å². The molecule has 1 aliphatic heterocycles. The number of esters is 1. The highest BCUT2D eigenvalue weighted by molar-refractivity contribution is 5.93. The maximum absolute atomic E-state index is 12.7. The number of fused-ring (bicyclic) bond motifs is 1. The summed E-state index contributed by atoms with van der Waals surface area (Å²) in [4.78, 5) is 34.0. The minimum atomic E-state index is -0.584. The highest BCUT2D eigenvalue weighted by Crippen LogP contribution is 2.18. The van der Waals surface area contributed by atoms with E-state index in [-0.39, 0.29) is 17.6 Å². The number of aryl methyl sites for hydroxylation is 1. The first-order valence-electron chi connectivity index (χ1n) is 8.70. The lowest BCUT2D eigenvalue weighted by Crippen LogP contribution is -2.44. The van der Waals surface area contributed by atoms with Crippen LogP contribution >= 0.6 is 0 Å². The highest BCUT2D eigenvalue weighted by atomic mass is 16.5. The van der Waals surface area contributed by atoms with Crippen LogP contribution in [0.3, 0.4) is 0 Å². The van der Waals surface area contributed by atoms with Crippen LogP contribution in [-0.4, -0.2) is 60.3 Å². The Kier molecular flexibility index (Phi) is 5.03. The molecule has 1 aliphatic rings. The Morgan fingerprint density at radius 3 is 2.56 bits per heavy atom. The van der Waals surface area contributed by atoms with Gasteiger partial charge in [0.25, 0.3) is 0 Å². The molecule has 134 valence electrons. The standard InChI is InChI=1S/C18H24N4O3/c1-4-21-12-14(18(24)25-5-2)16(23)13-6-7-15(19-17(13)21)22-10-8-20(3)9-11-22/h6-7,12H,4-5,8-11H2,1-3H3. The summed E-state index contributed by atoms with van der Waals surface area (Å²) in [7, 11) is 2.11. The van der Waals surface area contributed by atoms with Crippen molar-refractivity contribution in [3.63, 3.8) is 0 Å². The second kappa shape index (κ2) is 7.23. The molecule has 7 nitrogen and oxygen atoms in total. The number of pyridine rings is 2. The number of nitrogens with zero attached hydrogens (tertiary/aromatic N) is 4. The third-order valence-electron chi connectivity index (χ3n) is 4.57. The van der Waals surface area contributed by atoms with Crippen molar-refractivity contribution in [3.8, 4) is 0 Å². The van der Waals surface area contributed by atoms with Gasteiger partial charge in [0.05, 0.1) is 12.0 Å². The van der Waals surface area contributed by atoms with E-state index in [4.69, 9.17) is 9.72 Å². The summed E-state index contributed by atoms with van der Waals surface area (Å²) in [6.07, 6.45) is 1.56. The van der Waals surface area contributed by atoms with Gasteiger partial charge in [-0.2, -0.15) is 0 Å². The maximum atomic E-state index is 12.7. The van der Waals surface area contributed by atoms with Gasteiger partial charge in [0.15, 0.2) is 0 Å². The zero-order valence-electron chi connectivity index (χ0n) is 15.0. The lowest BCUT2D eigenvalue weighted by molar-refractivity contribution is 0.0524. The number of piperazine rings is 1. The maximum Gasteiger partial charge on any atom is 0.343 e. The van der Waals surface area contributed by atoms with Crippen molar-refractivity contribution in [2.45, 2.75) is 20.4 Å². The molecule has 0 aliphatic carbocycles. The van der Waals surface area contributed by atoms with E-state index in [2.05, 4.69) is 16.8 Å². The summed E-state index contributed by atoms with van der Waals surface area (Å²) < 4.78 is 6.84. The van der Waals surface area contributed by atoms with E-state index < -0.39 is 5.97 Å². The van der Waals surface area contributed by atoms with E-state index >= 15 is 0 Å². The van der Waals surface area contributed by atoms with Crippen LogP contribution in [-0.2, 0) is 11.3 Å². The molecule has 0 radical (unpaired) electrons. The van der Waals surface area contributed by atoms with Crippen LogP contribution in [0, 0.1) is 0 Å². The fourth-order valence-corrected chi connectivity index (χ4v) is 3.06. The lowest BCUT2D eigenvalue weighted by Gasteiger charge is -2.33. The van der Waals surface area contributed by atoms with Crippen molar-refractivity contribution >= 4 is 22.8 Å². The number of hydrogen-bond acceptors (Lipinski definition) is 6. The van der Waals surface area contributed by atoms with Crippen molar-refractivity contribution in [3.05, 3.63) is 34.1 Å². The first-order chi connectivity index (χ1) is 12.0. The number of carbonyl (C=O) groups is 1. The number of rotatable bonds is 4. The van der Waals surface area contributed by atoms with Gasteiger partial charge >= 0.3 is 5.97 Å². The van der Waals surface area contributed by atoms with Crippen molar-refractivity contribution in [1.29, 1.82) is 0 Å². The molecule has 2 aromatic rings. The lowest BCUT2D eigenvalue weighted by atomic mass is 10.2. The van der Waals surface area contributed by atoms with Gasteiger partial charge in [0, 0.05) is 38.9 Å². The van der Waals surface area contributed by atoms with Crippen molar-refractivity contribution in [2.24, 2.45) is 0 Å². The number of likely N-dealkylation sites (N-methyl/N-ethyl adjacent to an activating group) is 1. The Labute approximate surface area is 146 Å². The molecular weight excluding hydrogens is 320 g/mol. The van der Waals surface area contributed by atoms with Crippen molar-refractivity contribution < 1.29 is 9.53 Å². The van der Waals surface area contributed by atoms with Crippen LogP contribution in [0.4, 0.5) is 5.82 Å². The Hall–Kier alpha value is -2.41. The molecule has 0 spiro atoms. The van der Waals surface area contributed by atoms with Gasteiger partial charge in [0.2, 0.25) is 5.43 Å². The second-order valence-electron chi connectivity index (χ2n) is 6.21. The van der Waals surface area contributed by atoms with Gasteiger partial charge in [-0.25, -0.2) is 9.78 Å². The molecule has 2 aromatic heterocycles. The minimum absolute atomic E-state index is 0.0605. The van der Waals surface area contributed by atoms with Crippen LogP contribution in [0.15, 0.2) is 23.1 Å². The zero-order valence-corrected chi connectivity index (χ0v) is 15.0. The smallest absolute Gasteiger partial charge is 0.343 e. The fraction of sp³-hybridized carbons (Fsp3) is 0.500. The summed E-state index contributed by atoms with van der Waals surface area (Å²) in [5, 5.41) is 0.449. The molecule has 1 fully saturated rings. The van der Waals surface area contributed by atoms with Gasteiger partial charge in [-0.1, -0.05) is 0 Å². The molecular formula is C18H24N4O3. The van der Waals surface area contributed by atoms with Crippen LogP contribution in [0.5, 0.6) is 0 Å². The summed E-state index contributed by atoms with van der Waals surface area (Å²) in [6, 6.07) is 3.64. The van der Waals surface area contributed by atoms with Crippen molar-refractivity contribution in [2.75, 3.05) is 44.7 Å². The summed E-state index contributed by atoms with van der Waals surface area (Å²) in [6.45, 7) is 8.33. The summed E-state index contributed by atoms with van der Waals surface area (Å²) >= 11 is 0. The fourth-order valence-electron chi connectivity index (χ4n) is 3.06. The topological polar surface area (TPSA) is 67.7 Å². The molecule has 7 heteroatoms. The molecule has 0 unspecified atom stereocenters. The molecule has 3 rings (SSSR count). The summed E-state index contributed by atoms with van der Waals surface area (Å²) in [5.74, 6) is 0.283. The first kappa shape index (κ1) is 17.4. The Morgan fingerprint density at radius 1 is 1.20 bits per heavy atom. The number of aromatic nitrogens is 2. The molecule has 0 saturated carbocycles. The van der Waals surface area contributed by atoms with Crippen LogP contribution in [0.2, 0.25) is 0 Å². The summed E-state index contributed by atoms with van der Waals surface area (Å²) in [5.41, 5.74) is 0.345. The Bertz CT molecular complexity index is 838. The first-order valence-corrected chi connectivity index (χ1v) is 8.70. The van der Waals surface area contributed by atoms with E-state index in [9.17, 15) is 9.59 Å². The largest absolute Gasteiger partial charge is 0.462 e. The molecule has 1 saturated heterocycles. The number of anilines is 1. The van der Waals surface area contributed by atoms with Crippen LogP contribution in [0.25, 0.3) is 11.0 Å².